The molecule has 1 amide bonds. The van der Waals surface area contributed by atoms with E-state index in [0.29, 0.717) is 28.3 Å². The van der Waals surface area contributed by atoms with Gasteiger partial charge in [-0.3, -0.25) is 4.79 Å². The average molecular weight is 570 g/mol. The lowest BCUT2D eigenvalue weighted by Crippen LogP contribution is -2.13. The van der Waals surface area contributed by atoms with Crippen molar-refractivity contribution in [2.24, 2.45) is 0 Å². The second-order valence-electron chi connectivity index (χ2n) is 7.37. The van der Waals surface area contributed by atoms with Crippen LogP contribution in [0.3, 0.4) is 0 Å². The van der Waals surface area contributed by atoms with Crippen LogP contribution in [0.25, 0.3) is 6.08 Å². The van der Waals surface area contributed by atoms with Gasteiger partial charge >= 0.3 is 5.97 Å². The molecule has 3 rings (SSSR count). The van der Waals surface area contributed by atoms with Crippen molar-refractivity contribution < 1.29 is 23.8 Å². The number of rotatable bonds is 9. The molecule has 0 aromatic heterocycles. The third-order valence-corrected chi connectivity index (χ3v) is 5.69. The summed E-state index contributed by atoms with van der Waals surface area (Å²) in [6.45, 7) is 2.26. The lowest BCUT2D eigenvalue weighted by atomic mass is 10.1. The Morgan fingerprint density at radius 1 is 1.11 bits per heavy atom. The Bertz CT molecular complexity index is 1320. The van der Waals surface area contributed by atoms with Crippen LogP contribution in [0.2, 0.25) is 5.02 Å². The fraction of sp³-hybridized carbons (Fsp3) is 0.148. The summed E-state index contributed by atoms with van der Waals surface area (Å²) < 4.78 is 17.2. The molecule has 0 radical (unpaired) electrons. The van der Waals surface area contributed by atoms with Gasteiger partial charge in [-0.15, -0.1) is 0 Å². The van der Waals surface area contributed by atoms with E-state index in [1.54, 1.807) is 31.2 Å². The van der Waals surface area contributed by atoms with E-state index in [1.807, 2.05) is 30.3 Å². The summed E-state index contributed by atoms with van der Waals surface area (Å²) in [5.41, 5.74) is 2.05. The van der Waals surface area contributed by atoms with Crippen LogP contribution in [0.1, 0.15) is 28.4 Å². The molecule has 36 heavy (non-hydrogen) atoms. The molecule has 3 aromatic carbocycles. The monoisotopic (exact) mass is 568 g/mol. The summed E-state index contributed by atoms with van der Waals surface area (Å²) in [5, 5.41) is 12.5. The number of halogens is 2. The number of esters is 1. The Balaban J connectivity index is 1.75. The van der Waals surface area contributed by atoms with Gasteiger partial charge in [0.15, 0.2) is 11.5 Å². The molecular weight excluding hydrogens is 548 g/mol. The Morgan fingerprint density at radius 3 is 2.42 bits per heavy atom. The molecule has 0 atom stereocenters. The van der Waals surface area contributed by atoms with Gasteiger partial charge in [0, 0.05) is 10.2 Å². The molecule has 0 fully saturated rings. The summed E-state index contributed by atoms with van der Waals surface area (Å²) in [4.78, 5) is 24.4. The highest BCUT2D eigenvalue weighted by Gasteiger charge is 2.15. The standard InChI is InChI=1S/C27H22BrClN2O5/c1-3-35-27(33)19-6-10-22(11-7-19)31-26(32)20(15-30)12-18-13-23(29)25(24(14-18)34-2)36-16-17-4-8-21(28)9-5-17/h4-14H,3,16H2,1-2H3,(H,31,32)/b20-12+. The van der Waals surface area contributed by atoms with E-state index in [1.165, 1.54) is 25.3 Å². The highest BCUT2D eigenvalue weighted by molar-refractivity contribution is 9.10. The molecule has 7 nitrogen and oxygen atoms in total. The molecule has 0 aliphatic heterocycles. The zero-order valence-electron chi connectivity index (χ0n) is 19.5. The molecule has 1 N–H and O–H groups in total. The van der Waals surface area contributed by atoms with Gasteiger partial charge in [0.2, 0.25) is 0 Å². The van der Waals surface area contributed by atoms with Crippen LogP contribution >= 0.6 is 27.5 Å². The molecule has 3 aromatic rings. The van der Waals surface area contributed by atoms with E-state index >= 15 is 0 Å². The smallest absolute Gasteiger partial charge is 0.338 e. The van der Waals surface area contributed by atoms with Crippen LogP contribution in [-0.2, 0) is 16.1 Å². The number of carbonyl (C=O) groups excluding carboxylic acids is 2. The molecular formula is C27H22BrClN2O5. The molecule has 0 spiro atoms. The number of methoxy groups -OCH3 is 1. The average Bonchev–Trinajstić information content (AvgIpc) is 2.87. The first-order valence-corrected chi connectivity index (χ1v) is 12.0. The largest absolute Gasteiger partial charge is 0.493 e. The predicted molar refractivity (Wildman–Crippen MR) is 141 cm³/mol. The number of benzene rings is 3. The van der Waals surface area contributed by atoms with Crippen molar-refractivity contribution in [1.82, 2.24) is 0 Å². The zero-order valence-corrected chi connectivity index (χ0v) is 21.9. The predicted octanol–water partition coefficient (Wildman–Crippen LogP) is 6.41. The van der Waals surface area contributed by atoms with Crippen molar-refractivity contribution in [2.45, 2.75) is 13.5 Å². The Hall–Kier alpha value is -3.80. The van der Waals surface area contributed by atoms with Gasteiger partial charge in [-0.25, -0.2) is 4.79 Å². The maximum absolute atomic E-state index is 12.7. The summed E-state index contributed by atoms with van der Waals surface area (Å²) in [5.74, 6) is -0.364. The van der Waals surface area contributed by atoms with Crippen molar-refractivity contribution in [3.63, 3.8) is 0 Å². The topological polar surface area (TPSA) is 97.7 Å². The molecule has 0 unspecified atom stereocenters. The molecule has 0 aliphatic carbocycles. The number of nitrogens with one attached hydrogen (secondary N) is 1. The van der Waals surface area contributed by atoms with Crippen LogP contribution in [0.15, 0.2) is 70.7 Å². The van der Waals surface area contributed by atoms with Crippen molar-refractivity contribution in [3.8, 4) is 17.6 Å². The fourth-order valence-corrected chi connectivity index (χ4v) is 3.66. The minimum absolute atomic E-state index is 0.147. The summed E-state index contributed by atoms with van der Waals surface area (Å²) in [7, 11) is 1.48. The number of carbonyl (C=O) groups is 2. The van der Waals surface area contributed by atoms with Crippen LogP contribution in [0, 0.1) is 11.3 Å². The first-order chi connectivity index (χ1) is 17.3. The molecule has 0 aliphatic rings. The van der Waals surface area contributed by atoms with Gasteiger partial charge in [0.05, 0.1) is 24.3 Å². The maximum atomic E-state index is 12.7. The van der Waals surface area contributed by atoms with E-state index in [2.05, 4.69) is 21.2 Å². The second-order valence-corrected chi connectivity index (χ2v) is 8.69. The number of anilines is 1. The highest BCUT2D eigenvalue weighted by Crippen LogP contribution is 2.37. The lowest BCUT2D eigenvalue weighted by Gasteiger charge is -2.14. The summed E-state index contributed by atoms with van der Waals surface area (Å²) >= 11 is 9.84. The minimum Gasteiger partial charge on any atom is -0.493 e. The highest BCUT2D eigenvalue weighted by atomic mass is 79.9. The molecule has 9 heteroatoms. The van der Waals surface area contributed by atoms with Crippen LogP contribution in [-0.4, -0.2) is 25.6 Å². The fourth-order valence-electron chi connectivity index (χ4n) is 3.12. The van der Waals surface area contributed by atoms with Crippen molar-refractivity contribution in [2.75, 3.05) is 19.0 Å². The zero-order chi connectivity index (χ0) is 26.1. The summed E-state index contributed by atoms with van der Waals surface area (Å²) in [6, 6.07) is 18.9. The number of ether oxygens (including phenoxy) is 3. The lowest BCUT2D eigenvalue weighted by molar-refractivity contribution is -0.112. The maximum Gasteiger partial charge on any atom is 0.338 e. The number of hydrogen-bond donors (Lipinski definition) is 1. The Morgan fingerprint density at radius 2 is 1.81 bits per heavy atom. The van der Waals surface area contributed by atoms with E-state index in [0.717, 1.165) is 10.0 Å². The number of nitrogens with zero attached hydrogens (tertiary/aromatic N) is 1. The van der Waals surface area contributed by atoms with Crippen molar-refractivity contribution in [1.29, 1.82) is 5.26 Å². The Labute approximate surface area is 222 Å². The molecule has 0 saturated carbocycles. The molecule has 0 bridgehead atoms. The van der Waals surface area contributed by atoms with Gasteiger partial charge in [0.25, 0.3) is 5.91 Å². The number of hydrogen-bond acceptors (Lipinski definition) is 6. The van der Waals surface area contributed by atoms with Crippen molar-refractivity contribution >= 4 is 51.2 Å². The third-order valence-electron chi connectivity index (χ3n) is 4.88. The first kappa shape index (κ1) is 26.8. The third kappa shape index (κ3) is 7.11. The van der Waals surface area contributed by atoms with Gasteiger partial charge < -0.3 is 19.5 Å². The molecule has 0 saturated heterocycles. The van der Waals surface area contributed by atoms with Gasteiger partial charge in [0.1, 0.15) is 18.2 Å². The number of nitriles is 1. The number of amides is 1. The molecule has 0 heterocycles. The SMILES string of the molecule is CCOC(=O)c1ccc(NC(=O)/C(C#N)=C/c2cc(Cl)c(OCc3ccc(Br)cc3)c(OC)c2)cc1. The molecule has 184 valence electrons. The van der Waals surface area contributed by atoms with Crippen LogP contribution in [0.5, 0.6) is 11.5 Å². The second kappa shape index (κ2) is 12.8. The minimum atomic E-state index is -0.618. The first-order valence-electron chi connectivity index (χ1n) is 10.8. The Kier molecular flexibility index (Phi) is 9.51. The van der Waals surface area contributed by atoms with E-state index in [4.69, 9.17) is 25.8 Å². The van der Waals surface area contributed by atoms with Gasteiger partial charge in [-0.2, -0.15) is 5.26 Å². The normalized spacial score (nSPS) is 10.8. The van der Waals surface area contributed by atoms with Gasteiger partial charge in [-0.05, 0) is 72.7 Å². The van der Waals surface area contributed by atoms with Crippen LogP contribution < -0.4 is 14.8 Å². The van der Waals surface area contributed by atoms with E-state index in [9.17, 15) is 14.9 Å². The van der Waals surface area contributed by atoms with Crippen LogP contribution in [0.4, 0.5) is 5.69 Å². The summed E-state index contributed by atoms with van der Waals surface area (Å²) in [6.07, 6.45) is 1.40. The quantitative estimate of drug-likeness (QED) is 0.182. The van der Waals surface area contributed by atoms with Crippen molar-refractivity contribution in [3.05, 3.63) is 92.4 Å². The van der Waals surface area contributed by atoms with Gasteiger partial charge in [-0.1, -0.05) is 39.7 Å². The van der Waals surface area contributed by atoms with E-state index < -0.39 is 11.9 Å². The van der Waals surface area contributed by atoms with E-state index in [-0.39, 0.29) is 23.8 Å².